The van der Waals surface area contributed by atoms with Gasteiger partial charge >= 0.3 is 0 Å². The van der Waals surface area contributed by atoms with Crippen LogP contribution in [0.4, 0.5) is 20.3 Å². The van der Waals surface area contributed by atoms with Gasteiger partial charge in [0.15, 0.2) is 4.90 Å². The first kappa shape index (κ1) is 27.5. The van der Waals surface area contributed by atoms with Crippen LogP contribution in [0.1, 0.15) is 18.4 Å². The SMILES string of the molecule is COc1ccc(CN(c2ccncn2)S(=O)(=O)c2c(F)cc(N3CCC[C@H](N(C)C)C3)cc2F)c(OC)c1. The number of hydrogen-bond acceptors (Lipinski definition) is 8. The molecular formula is C26H31F2N5O4S. The number of benzene rings is 2. The highest BCUT2D eigenvalue weighted by Gasteiger charge is 2.34. The Morgan fingerprint density at radius 2 is 1.82 bits per heavy atom. The van der Waals surface area contributed by atoms with Crippen molar-refractivity contribution in [2.24, 2.45) is 0 Å². The molecule has 3 aromatic rings. The van der Waals surface area contributed by atoms with Gasteiger partial charge in [0.25, 0.3) is 10.0 Å². The van der Waals surface area contributed by atoms with Gasteiger partial charge in [0, 0.05) is 48.7 Å². The average molecular weight is 548 g/mol. The van der Waals surface area contributed by atoms with Crippen LogP contribution in [-0.2, 0) is 16.6 Å². The van der Waals surface area contributed by atoms with Gasteiger partial charge in [-0.1, -0.05) is 0 Å². The molecule has 1 atom stereocenters. The maximum atomic E-state index is 15.5. The van der Waals surface area contributed by atoms with E-state index >= 15 is 8.78 Å². The summed E-state index contributed by atoms with van der Waals surface area (Å²) in [7, 11) is 2.10. The number of piperidine rings is 1. The van der Waals surface area contributed by atoms with Crippen LogP contribution in [0.3, 0.4) is 0 Å². The molecule has 0 unspecified atom stereocenters. The van der Waals surface area contributed by atoms with Crippen LogP contribution < -0.4 is 18.7 Å². The molecule has 2 heterocycles. The molecule has 1 aliphatic heterocycles. The van der Waals surface area contributed by atoms with Crippen LogP contribution in [0.2, 0.25) is 0 Å². The molecule has 2 aromatic carbocycles. The van der Waals surface area contributed by atoms with E-state index in [1.54, 1.807) is 18.2 Å². The van der Waals surface area contributed by atoms with E-state index in [2.05, 4.69) is 14.9 Å². The Morgan fingerprint density at radius 1 is 1.08 bits per heavy atom. The molecule has 1 aromatic heterocycles. The highest BCUT2D eigenvalue weighted by atomic mass is 32.2. The summed E-state index contributed by atoms with van der Waals surface area (Å²) in [5.41, 5.74) is 0.742. The summed E-state index contributed by atoms with van der Waals surface area (Å²) in [6.45, 7) is 0.908. The molecule has 204 valence electrons. The second kappa shape index (κ2) is 11.5. The summed E-state index contributed by atoms with van der Waals surface area (Å²) in [5, 5.41) is 0. The molecule has 0 radical (unpaired) electrons. The number of nitrogens with zero attached hydrogens (tertiary/aromatic N) is 5. The van der Waals surface area contributed by atoms with Crippen molar-refractivity contribution in [2.75, 3.05) is 50.6 Å². The third kappa shape index (κ3) is 5.65. The number of ether oxygens (including phenoxy) is 2. The van der Waals surface area contributed by atoms with Gasteiger partial charge < -0.3 is 19.3 Å². The van der Waals surface area contributed by atoms with Crippen LogP contribution >= 0.6 is 0 Å². The largest absolute Gasteiger partial charge is 0.497 e. The van der Waals surface area contributed by atoms with E-state index in [1.807, 2.05) is 19.0 Å². The fourth-order valence-electron chi connectivity index (χ4n) is 4.55. The zero-order chi connectivity index (χ0) is 27.4. The fraction of sp³-hybridized carbons (Fsp3) is 0.385. The average Bonchev–Trinajstić information content (AvgIpc) is 2.91. The van der Waals surface area contributed by atoms with Crippen molar-refractivity contribution in [1.82, 2.24) is 14.9 Å². The van der Waals surface area contributed by atoms with E-state index < -0.39 is 26.6 Å². The van der Waals surface area contributed by atoms with Gasteiger partial charge in [0.2, 0.25) is 0 Å². The van der Waals surface area contributed by atoms with Crippen LogP contribution in [0, 0.1) is 11.6 Å². The number of halogens is 2. The molecule has 38 heavy (non-hydrogen) atoms. The van der Waals surface area contributed by atoms with E-state index in [0.717, 1.165) is 35.6 Å². The number of hydrogen-bond donors (Lipinski definition) is 0. The Labute approximate surface area is 221 Å². The topological polar surface area (TPSA) is 88.1 Å². The van der Waals surface area contributed by atoms with Crippen molar-refractivity contribution in [1.29, 1.82) is 0 Å². The molecule has 0 saturated carbocycles. The van der Waals surface area contributed by atoms with Crippen LogP contribution in [0.15, 0.2) is 53.8 Å². The molecule has 0 N–H and O–H groups in total. The van der Waals surface area contributed by atoms with E-state index in [-0.39, 0.29) is 18.4 Å². The van der Waals surface area contributed by atoms with Gasteiger partial charge in [-0.15, -0.1) is 0 Å². The molecule has 0 spiro atoms. The first-order valence-electron chi connectivity index (χ1n) is 12.1. The van der Waals surface area contributed by atoms with Gasteiger partial charge in [0.1, 0.15) is 35.3 Å². The monoisotopic (exact) mass is 547 g/mol. The molecule has 1 fully saturated rings. The predicted octanol–water partition coefficient (Wildman–Crippen LogP) is 3.70. The van der Waals surface area contributed by atoms with Crippen LogP contribution in [0.25, 0.3) is 0 Å². The standard InChI is InChI=1S/C26H31F2N5O4S/c1-31(2)19-6-5-11-32(16-19)20-12-22(27)26(23(28)13-20)38(34,35)33(25-9-10-29-17-30-25)15-18-7-8-21(36-3)14-24(18)37-4/h7-10,12-14,17,19H,5-6,11,15-16H2,1-4H3/t19-/m0/s1. The molecule has 9 nitrogen and oxygen atoms in total. The van der Waals surface area contributed by atoms with Gasteiger partial charge in [0.05, 0.1) is 20.8 Å². The lowest BCUT2D eigenvalue weighted by molar-refractivity contribution is 0.258. The summed E-state index contributed by atoms with van der Waals surface area (Å²) in [5.74, 6) is -1.55. The van der Waals surface area contributed by atoms with Crippen molar-refractivity contribution in [3.05, 3.63) is 66.1 Å². The van der Waals surface area contributed by atoms with Crippen molar-refractivity contribution >= 4 is 21.5 Å². The normalized spacial score (nSPS) is 16.0. The van der Waals surface area contributed by atoms with Crippen molar-refractivity contribution in [3.8, 4) is 11.5 Å². The lowest BCUT2D eigenvalue weighted by Gasteiger charge is -2.37. The number of anilines is 2. The molecular weight excluding hydrogens is 516 g/mol. The lowest BCUT2D eigenvalue weighted by Crippen LogP contribution is -2.45. The van der Waals surface area contributed by atoms with Gasteiger partial charge in [-0.05, 0) is 51.2 Å². The Kier molecular flexibility index (Phi) is 8.32. The Hall–Kier alpha value is -3.51. The van der Waals surface area contributed by atoms with Crippen molar-refractivity contribution in [3.63, 3.8) is 0 Å². The Bertz CT molecular complexity index is 1350. The zero-order valence-electron chi connectivity index (χ0n) is 21.8. The minimum Gasteiger partial charge on any atom is -0.497 e. The number of likely N-dealkylation sites (N-methyl/N-ethyl adjacent to an activating group) is 1. The molecule has 4 rings (SSSR count). The quantitative estimate of drug-likeness (QED) is 0.401. The first-order chi connectivity index (χ1) is 18.1. The maximum absolute atomic E-state index is 15.5. The number of methoxy groups -OCH3 is 2. The Balaban J connectivity index is 1.75. The second-order valence-electron chi connectivity index (χ2n) is 9.20. The van der Waals surface area contributed by atoms with E-state index in [0.29, 0.717) is 35.8 Å². The first-order valence-corrected chi connectivity index (χ1v) is 13.5. The predicted molar refractivity (Wildman–Crippen MR) is 140 cm³/mol. The molecule has 12 heteroatoms. The van der Waals surface area contributed by atoms with Gasteiger partial charge in [-0.3, -0.25) is 0 Å². The van der Waals surface area contributed by atoms with Gasteiger partial charge in [-0.2, -0.15) is 0 Å². The molecule has 1 aliphatic rings. The molecule has 1 saturated heterocycles. The smallest absolute Gasteiger partial charge is 0.271 e. The Morgan fingerprint density at radius 3 is 2.42 bits per heavy atom. The minimum absolute atomic E-state index is 0.0504. The molecule has 0 aliphatic carbocycles. The van der Waals surface area contributed by atoms with E-state index in [9.17, 15) is 8.42 Å². The summed E-state index contributed by atoms with van der Waals surface area (Å²) in [6, 6.07) is 8.60. The lowest BCUT2D eigenvalue weighted by atomic mass is 10.0. The maximum Gasteiger partial charge on any atom is 0.271 e. The summed E-state index contributed by atoms with van der Waals surface area (Å²) in [6.07, 6.45) is 4.35. The van der Waals surface area contributed by atoms with Crippen LogP contribution in [0.5, 0.6) is 11.5 Å². The molecule has 0 amide bonds. The summed E-state index contributed by atoms with van der Waals surface area (Å²) >= 11 is 0. The van der Waals surface area contributed by atoms with Crippen molar-refractivity contribution < 1.29 is 26.7 Å². The highest BCUT2D eigenvalue weighted by Crippen LogP contribution is 2.34. The molecule has 0 bridgehead atoms. The van der Waals surface area contributed by atoms with Crippen molar-refractivity contribution in [2.45, 2.75) is 30.3 Å². The second-order valence-corrected chi connectivity index (χ2v) is 11.0. The highest BCUT2D eigenvalue weighted by molar-refractivity contribution is 7.92. The number of aromatic nitrogens is 2. The van der Waals surface area contributed by atoms with E-state index in [4.69, 9.17) is 9.47 Å². The van der Waals surface area contributed by atoms with Crippen LogP contribution in [-0.4, -0.2) is 70.7 Å². The summed E-state index contributed by atoms with van der Waals surface area (Å²) < 4.78 is 70.2. The van der Waals surface area contributed by atoms with Gasteiger partial charge in [-0.25, -0.2) is 31.5 Å². The third-order valence-corrected chi connectivity index (χ3v) is 8.46. The minimum atomic E-state index is -4.75. The number of rotatable bonds is 9. The van der Waals surface area contributed by atoms with E-state index in [1.165, 1.54) is 26.5 Å². The summed E-state index contributed by atoms with van der Waals surface area (Å²) in [4.78, 5) is 10.8. The fourth-order valence-corrected chi connectivity index (χ4v) is 6.05. The zero-order valence-corrected chi connectivity index (χ0v) is 22.6. The third-order valence-electron chi connectivity index (χ3n) is 6.65. The number of sulfonamides is 1.